The van der Waals surface area contributed by atoms with Crippen LogP contribution in [0.25, 0.3) is 0 Å². The highest BCUT2D eigenvalue weighted by molar-refractivity contribution is 5.82. The Hall–Kier alpha value is -2.15. The van der Waals surface area contributed by atoms with Crippen molar-refractivity contribution in [1.29, 1.82) is 0 Å². The fourth-order valence-corrected chi connectivity index (χ4v) is 1.47. The summed E-state index contributed by atoms with van der Waals surface area (Å²) in [6.45, 7) is 1.60. The summed E-state index contributed by atoms with van der Waals surface area (Å²) in [5, 5.41) is 20.4. The zero-order chi connectivity index (χ0) is 14.4. The number of carboxylic acid groups (broad SMARTS) is 1. The summed E-state index contributed by atoms with van der Waals surface area (Å²) in [6, 6.07) is 1.65. The lowest BCUT2D eigenvalue weighted by Crippen LogP contribution is -2.51. The van der Waals surface area contributed by atoms with Crippen LogP contribution in [0, 0.1) is 0 Å². The number of pyridine rings is 1. The lowest BCUT2D eigenvalue weighted by atomic mass is 10.2. The number of aliphatic hydroxyl groups excluding tert-OH is 1. The van der Waals surface area contributed by atoms with E-state index in [2.05, 4.69) is 10.3 Å². The van der Waals surface area contributed by atoms with Crippen LogP contribution in [0.1, 0.15) is 12.5 Å². The average Bonchev–Trinajstić information content (AvgIpc) is 2.35. The van der Waals surface area contributed by atoms with Crippen molar-refractivity contribution in [3.8, 4) is 0 Å². The molecule has 0 aromatic carbocycles. The van der Waals surface area contributed by atoms with Crippen molar-refractivity contribution in [3.05, 3.63) is 30.1 Å². The number of carbonyl (C=O) groups is 2. The first-order valence-electron chi connectivity index (χ1n) is 5.73. The Bertz CT molecular complexity index is 436. The van der Waals surface area contributed by atoms with Crippen molar-refractivity contribution in [3.63, 3.8) is 0 Å². The van der Waals surface area contributed by atoms with E-state index >= 15 is 0 Å². The first-order chi connectivity index (χ1) is 8.91. The number of carbonyl (C=O) groups excluding carboxylic acids is 1. The Morgan fingerprint density at radius 2 is 2.21 bits per heavy atom. The second kappa shape index (κ2) is 6.69. The second-order valence-corrected chi connectivity index (χ2v) is 4.22. The molecule has 0 radical (unpaired) electrons. The van der Waals surface area contributed by atoms with Crippen LogP contribution in [0.15, 0.2) is 24.5 Å². The quantitative estimate of drug-likeness (QED) is 0.700. The first kappa shape index (κ1) is 14.9. The molecule has 0 aliphatic rings. The first-order valence-corrected chi connectivity index (χ1v) is 5.73. The Morgan fingerprint density at radius 1 is 1.53 bits per heavy atom. The van der Waals surface area contributed by atoms with E-state index < -0.39 is 24.1 Å². The molecule has 0 aliphatic heterocycles. The van der Waals surface area contributed by atoms with Gasteiger partial charge in [-0.1, -0.05) is 6.07 Å². The SMILES string of the molecule is C[C@@H](O)[C@H](NC(=O)N(C)Cc1cccnc1)C(=O)O. The molecule has 0 saturated carbocycles. The highest BCUT2D eigenvalue weighted by Crippen LogP contribution is 2.02. The van der Waals surface area contributed by atoms with Crippen LogP contribution in [0.2, 0.25) is 0 Å². The molecule has 104 valence electrons. The van der Waals surface area contributed by atoms with Gasteiger partial charge in [-0.05, 0) is 18.6 Å². The van der Waals surface area contributed by atoms with E-state index in [9.17, 15) is 14.7 Å². The van der Waals surface area contributed by atoms with Crippen molar-refractivity contribution in [1.82, 2.24) is 15.2 Å². The van der Waals surface area contributed by atoms with E-state index in [4.69, 9.17) is 5.11 Å². The van der Waals surface area contributed by atoms with E-state index in [1.165, 1.54) is 18.9 Å². The number of nitrogens with zero attached hydrogens (tertiary/aromatic N) is 2. The summed E-state index contributed by atoms with van der Waals surface area (Å²) < 4.78 is 0. The van der Waals surface area contributed by atoms with Gasteiger partial charge in [0, 0.05) is 26.0 Å². The smallest absolute Gasteiger partial charge is 0.328 e. The largest absolute Gasteiger partial charge is 0.480 e. The Balaban J connectivity index is 2.60. The zero-order valence-electron chi connectivity index (χ0n) is 10.8. The fourth-order valence-electron chi connectivity index (χ4n) is 1.47. The van der Waals surface area contributed by atoms with E-state index in [-0.39, 0.29) is 0 Å². The van der Waals surface area contributed by atoms with Gasteiger partial charge >= 0.3 is 12.0 Å². The molecule has 0 unspecified atom stereocenters. The number of aliphatic hydroxyl groups is 1. The van der Waals surface area contributed by atoms with Crippen LogP contribution in [0.5, 0.6) is 0 Å². The van der Waals surface area contributed by atoms with Crippen molar-refractivity contribution in [2.45, 2.75) is 25.6 Å². The zero-order valence-corrected chi connectivity index (χ0v) is 10.8. The number of aliphatic carboxylic acids is 1. The molecule has 0 spiro atoms. The number of hydrogen-bond donors (Lipinski definition) is 3. The van der Waals surface area contributed by atoms with Crippen LogP contribution < -0.4 is 5.32 Å². The van der Waals surface area contributed by atoms with Crippen LogP contribution >= 0.6 is 0 Å². The van der Waals surface area contributed by atoms with Gasteiger partial charge < -0.3 is 20.4 Å². The van der Waals surface area contributed by atoms with Gasteiger partial charge in [-0.2, -0.15) is 0 Å². The highest BCUT2D eigenvalue weighted by atomic mass is 16.4. The number of urea groups is 1. The minimum absolute atomic E-state index is 0.297. The molecule has 1 heterocycles. The standard InChI is InChI=1S/C12H17N3O4/c1-8(16)10(11(17)18)14-12(19)15(2)7-9-4-3-5-13-6-9/h3-6,8,10,16H,7H2,1-2H3,(H,14,19)(H,17,18)/t8-,10+/m1/s1. The molecule has 19 heavy (non-hydrogen) atoms. The molecule has 1 aromatic heterocycles. The van der Waals surface area contributed by atoms with Crippen LogP contribution in [0.4, 0.5) is 4.79 Å². The minimum Gasteiger partial charge on any atom is -0.480 e. The number of aromatic nitrogens is 1. The van der Waals surface area contributed by atoms with E-state index in [1.807, 2.05) is 0 Å². The molecule has 2 atom stereocenters. The average molecular weight is 267 g/mol. The van der Waals surface area contributed by atoms with Gasteiger partial charge in [-0.3, -0.25) is 4.98 Å². The Morgan fingerprint density at radius 3 is 2.68 bits per heavy atom. The van der Waals surface area contributed by atoms with Crippen molar-refractivity contribution >= 4 is 12.0 Å². The maximum absolute atomic E-state index is 11.8. The number of nitrogens with one attached hydrogen (secondary N) is 1. The van der Waals surface area contributed by atoms with Crippen LogP contribution in [-0.2, 0) is 11.3 Å². The molecule has 3 N–H and O–H groups in total. The predicted molar refractivity (Wildman–Crippen MR) is 67.3 cm³/mol. The maximum Gasteiger partial charge on any atom is 0.328 e. The highest BCUT2D eigenvalue weighted by Gasteiger charge is 2.26. The summed E-state index contributed by atoms with van der Waals surface area (Å²) in [7, 11) is 1.53. The number of amides is 2. The molecule has 0 aliphatic carbocycles. The van der Waals surface area contributed by atoms with Crippen molar-refractivity contribution < 1.29 is 19.8 Å². The summed E-state index contributed by atoms with van der Waals surface area (Å²) in [5.41, 5.74) is 0.823. The molecule has 7 heteroatoms. The van der Waals surface area contributed by atoms with Crippen molar-refractivity contribution in [2.24, 2.45) is 0 Å². The topological polar surface area (TPSA) is 103 Å². The second-order valence-electron chi connectivity index (χ2n) is 4.22. The number of rotatable bonds is 5. The summed E-state index contributed by atoms with van der Waals surface area (Å²) >= 11 is 0. The lowest BCUT2D eigenvalue weighted by molar-refractivity contribution is -0.141. The molecule has 0 fully saturated rings. The van der Waals surface area contributed by atoms with Gasteiger partial charge in [0.15, 0.2) is 6.04 Å². The van der Waals surface area contributed by atoms with Gasteiger partial charge in [0.2, 0.25) is 0 Å². The summed E-state index contributed by atoms with van der Waals surface area (Å²) in [6.07, 6.45) is 2.07. The summed E-state index contributed by atoms with van der Waals surface area (Å²) in [5.74, 6) is -1.28. The molecule has 0 bridgehead atoms. The molecule has 2 amide bonds. The van der Waals surface area contributed by atoms with Gasteiger partial charge in [-0.25, -0.2) is 9.59 Å². The molecule has 0 saturated heterocycles. The Kier molecular flexibility index (Phi) is 5.25. The molecule has 1 rings (SSSR count). The number of carboxylic acids is 1. The van der Waals surface area contributed by atoms with E-state index in [1.54, 1.807) is 24.5 Å². The number of hydrogen-bond acceptors (Lipinski definition) is 4. The van der Waals surface area contributed by atoms with Crippen LogP contribution in [0.3, 0.4) is 0 Å². The Labute approximate surface area is 110 Å². The predicted octanol–water partition coefficient (Wildman–Crippen LogP) is 0.0570. The van der Waals surface area contributed by atoms with Gasteiger partial charge in [0.1, 0.15) is 0 Å². The molecule has 7 nitrogen and oxygen atoms in total. The third-order valence-corrected chi connectivity index (χ3v) is 2.52. The lowest BCUT2D eigenvalue weighted by Gasteiger charge is -2.22. The maximum atomic E-state index is 11.8. The molecular weight excluding hydrogens is 250 g/mol. The van der Waals surface area contributed by atoms with E-state index in [0.29, 0.717) is 6.54 Å². The monoisotopic (exact) mass is 267 g/mol. The van der Waals surface area contributed by atoms with Crippen molar-refractivity contribution in [2.75, 3.05) is 7.05 Å². The molecular formula is C12H17N3O4. The van der Waals surface area contributed by atoms with Gasteiger partial charge in [-0.15, -0.1) is 0 Å². The fraction of sp³-hybridized carbons (Fsp3) is 0.417. The van der Waals surface area contributed by atoms with E-state index in [0.717, 1.165) is 5.56 Å². The van der Waals surface area contributed by atoms with Gasteiger partial charge in [0.25, 0.3) is 0 Å². The van der Waals surface area contributed by atoms with Gasteiger partial charge in [0.05, 0.1) is 6.10 Å². The normalized spacial score (nSPS) is 13.4. The van der Waals surface area contributed by atoms with Crippen LogP contribution in [-0.4, -0.2) is 51.3 Å². The third-order valence-electron chi connectivity index (χ3n) is 2.52. The summed E-state index contributed by atoms with van der Waals surface area (Å²) in [4.78, 5) is 27.9. The molecule has 1 aromatic rings. The minimum atomic E-state index is -1.33. The third kappa shape index (κ3) is 4.55.